The standard InChI is InChI=1S/C63H71B2N/c1-38(2)46-33-49(40(5)6)61(50(34-46)41(7)8)64-55-23-17-18-24-56(55)65(62-51(42(9)10)35-47(39(3)4)36-52(62)43(11)12)58-37-45(29-32-57(58)64)44-27-30-48(31-28-44)66-59-25-19-15-21-53(59)63(13,14)54-22-16-20-26-60(54)66/h15-43H,1-14H3. The molecule has 2 aliphatic rings. The SMILES string of the molecule is CC(C)c1cc(C(C)C)c(B2c3ccccc3B(c3c(C(C)C)cc(C(C)C)cc3C(C)C)c3cc(-c4ccc(N5c6ccccc6C(C)(C)c6ccccc65)cc4)ccc32)c(C(C)C)c1. The van der Waals surface area contributed by atoms with E-state index in [1.807, 2.05) is 0 Å². The van der Waals surface area contributed by atoms with Crippen LogP contribution in [-0.2, 0) is 5.41 Å². The average molecular weight is 864 g/mol. The topological polar surface area (TPSA) is 3.24 Å². The third-order valence-electron chi connectivity index (χ3n) is 15.4. The molecule has 0 saturated heterocycles. The van der Waals surface area contributed by atoms with E-state index in [1.54, 1.807) is 0 Å². The summed E-state index contributed by atoms with van der Waals surface area (Å²) in [5, 5.41) is 0. The number of rotatable bonds is 10. The lowest BCUT2D eigenvalue weighted by Crippen LogP contribution is -2.76. The Bertz CT molecular complexity index is 2820. The fraction of sp³-hybridized carbons (Fsp3) is 0.333. The molecule has 2 heterocycles. The monoisotopic (exact) mass is 864 g/mol. The summed E-state index contributed by atoms with van der Waals surface area (Å²) in [6, 6.07) is 54.7. The van der Waals surface area contributed by atoms with Crippen LogP contribution < -0.4 is 37.7 Å². The quantitative estimate of drug-likeness (QED) is 0.124. The van der Waals surface area contributed by atoms with Gasteiger partial charge in [-0.15, -0.1) is 0 Å². The second kappa shape index (κ2) is 17.6. The Morgan fingerprint density at radius 1 is 0.364 bits per heavy atom. The molecule has 0 bridgehead atoms. The summed E-state index contributed by atoms with van der Waals surface area (Å²) >= 11 is 0. The molecule has 0 aliphatic carbocycles. The van der Waals surface area contributed by atoms with E-state index in [9.17, 15) is 0 Å². The number of para-hydroxylation sites is 2. The van der Waals surface area contributed by atoms with Crippen molar-refractivity contribution in [2.45, 2.75) is 138 Å². The second-order valence-corrected chi connectivity index (χ2v) is 22.0. The Hall–Kier alpha value is -5.53. The molecule has 0 unspecified atom stereocenters. The molecule has 0 radical (unpaired) electrons. The van der Waals surface area contributed by atoms with E-state index < -0.39 is 0 Å². The van der Waals surface area contributed by atoms with Crippen molar-refractivity contribution in [3.8, 4) is 11.1 Å². The normalized spacial score (nSPS) is 14.2. The van der Waals surface area contributed by atoms with Gasteiger partial charge in [-0.1, -0.05) is 245 Å². The van der Waals surface area contributed by atoms with Gasteiger partial charge in [-0.25, -0.2) is 0 Å². The fourth-order valence-electron chi connectivity index (χ4n) is 11.7. The zero-order valence-electron chi connectivity index (χ0n) is 42.3. The van der Waals surface area contributed by atoms with E-state index in [0.29, 0.717) is 35.5 Å². The van der Waals surface area contributed by atoms with E-state index in [0.717, 1.165) is 0 Å². The third-order valence-corrected chi connectivity index (χ3v) is 15.4. The number of benzene rings is 7. The smallest absolute Gasteiger partial charge is 0.240 e. The maximum atomic E-state index is 2.60. The van der Waals surface area contributed by atoms with Gasteiger partial charge in [-0.3, -0.25) is 0 Å². The first-order valence-corrected chi connectivity index (χ1v) is 25.2. The summed E-state index contributed by atoms with van der Waals surface area (Å²) in [5.41, 5.74) is 26.5. The van der Waals surface area contributed by atoms with Crippen LogP contribution in [0.2, 0.25) is 0 Å². The Morgan fingerprint density at radius 2 is 0.727 bits per heavy atom. The summed E-state index contributed by atoms with van der Waals surface area (Å²) in [5.74, 6) is 2.43. The van der Waals surface area contributed by atoms with E-state index in [2.05, 4.69) is 241 Å². The number of nitrogens with zero attached hydrogens (tertiary/aromatic N) is 1. The van der Waals surface area contributed by atoms with Crippen molar-refractivity contribution in [1.82, 2.24) is 0 Å². The Labute approximate surface area is 399 Å². The molecule has 2 aliphatic heterocycles. The molecule has 0 atom stereocenters. The zero-order chi connectivity index (χ0) is 46.9. The lowest BCUT2D eigenvalue weighted by molar-refractivity contribution is 0.632. The van der Waals surface area contributed by atoms with Crippen LogP contribution in [0.25, 0.3) is 11.1 Å². The van der Waals surface area contributed by atoms with Gasteiger partial charge in [0.05, 0.1) is 11.4 Å². The first kappa shape index (κ1) is 45.6. The Balaban J connectivity index is 1.29. The molecular weight excluding hydrogens is 792 g/mol. The van der Waals surface area contributed by atoms with Crippen LogP contribution in [0, 0.1) is 0 Å². The van der Waals surface area contributed by atoms with E-state index in [1.165, 1.54) is 105 Å². The molecule has 0 aromatic heterocycles. The molecule has 7 aromatic rings. The average Bonchev–Trinajstić information content (AvgIpc) is 3.30. The highest BCUT2D eigenvalue weighted by Crippen LogP contribution is 2.51. The lowest BCUT2D eigenvalue weighted by Gasteiger charge is -2.42. The molecule has 0 spiro atoms. The van der Waals surface area contributed by atoms with Crippen molar-refractivity contribution in [2.24, 2.45) is 0 Å². The zero-order valence-corrected chi connectivity index (χ0v) is 42.3. The molecular formula is C63H71B2N. The third kappa shape index (κ3) is 7.69. The van der Waals surface area contributed by atoms with Crippen LogP contribution >= 0.6 is 0 Å². The number of hydrogen-bond donors (Lipinski definition) is 0. The molecule has 334 valence electrons. The molecule has 0 saturated carbocycles. The van der Waals surface area contributed by atoms with Gasteiger partial charge in [-0.05, 0) is 115 Å². The Kier molecular flexibility index (Phi) is 12.2. The highest BCUT2D eigenvalue weighted by atomic mass is 15.2. The van der Waals surface area contributed by atoms with Crippen LogP contribution in [-0.4, -0.2) is 13.4 Å². The van der Waals surface area contributed by atoms with Gasteiger partial charge in [0.25, 0.3) is 0 Å². The van der Waals surface area contributed by atoms with Gasteiger partial charge < -0.3 is 4.90 Å². The van der Waals surface area contributed by atoms with Gasteiger partial charge in [0, 0.05) is 11.1 Å². The lowest BCUT2D eigenvalue weighted by atomic mass is 9.20. The van der Waals surface area contributed by atoms with Crippen LogP contribution in [0.3, 0.4) is 0 Å². The molecule has 66 heavy (non-hydrogen) atoms. The summed E-state index contributed by atoms with van der Waals surface area (Å²) in [6.45, 7) is 33.6. The van der Waals surface area contributed by atoms with Gasteiger partial charge in [0.1, 0.15) is 0 Å². The van der Waals surface area contributed by atoms with E-state index in [4.69, 9.17) is 0 Å². The van der Waals surface area contributed by atoms with E-state index in [-0.39, 0.29) is 18.8 Å². The van der Waals surface area contributed by atoms with Crippen LogP contribution in [0.5, 0.6) is 0 Å². The van der Waals surface area contributed by atoms with Crippen molar-refractivity contribution >= 4 is 63.3 Å². The number of fused-ring (bicyclic) bond motifs is 4. The highest BCUT2D eigenvalue weighted by molar-refractivity contribution is 7.11. The largest absolute Gasteiger partial charge is 0.310 e. The Morgan fingerprint density at radius 3 is 1.14 bits per heavy atom. The van der Waals surface area contributed by atoms with Crippen LogP contribution in [0.15, 0.2) is 140 Å². The molecule has 7 aromatic carbocycles. The predicted molar refractivity (Wildman–Crippen MR) is 292 cm³/mol. The van der Waals surface area contributed by atoms with Gasteiger partial charge in [-0.2, -0.15) is 0 Å². The van der Waals surface area contributed by atoms with Crippen molar-refractivity contribution in [3.05, 3.63) is 184 Å². The van der Waals surface area contributed by atoms with Crippen molar-refractivity contribution < 1.29 is 0 Å². The molecule has 3 heteroatoms. The van der Waals surface area contributed by atoms with Crippen LogP contribution in [0.4, 0.5) is 17.1 Å². The highest BCUT2D eigenvalue weighted by Gasteiger charge is 2.43. The van der Waals surface area contributed by atoms with Crippen LogP contribution in [0.1, 0.15) is 177 Å². The summed E-state index contributed by atoms with van der Waals surface area (Å²) in [7, 11) is 0. The molecule has 0 fully saturated rings. The van der Waals surface area contributed by atoms with Crippen molar-refractivity contribution in [3.63, 3.8) is 0 Å². The maximum Gasteiger partial charge on any atom is 0.240 e. The van der Waals surface area contributed by atoms with Crippen molar-refractivity contribution in [2.75, 3.05) is 4.90 Å². The maximum absolute atomic E-state index is 2.60. The van der Waals surface area contributed by atoms with Gasteiger partial charge in [0.15, 0.2) is 0 Å². The minimum atomic E-state index is -0.0952. The number of hydrogen-bond acceptors (Lipinski definition) is 1. The predicted octanol–water partition coefficient (Wildman–Crippen LogP) is 13.5. The molecule has 1 nitrogen and oxygen atoms in total. The molecule has 0 amide bonds. The minimum absolute atomic E-state index is 0.0901. The van der Waals surface area contributed by atoms with E-state index >= 15 is 0 Å². The summed E-state index contributed by atoms with van der Waals surface area (Å²) in [4.78, 5) is 2.47. The van der Waals surface area contributed by atoms with Crippen molar-refractivity contribution in [1.29, 1.82) is 0 Å². The van der Waals surface area contributed by atoms with Gasteiger partial charge in [0.2, 0.25) is 13.4 Å². The number of anilines is 3. The van der Waals surface area contributed by atoms with Gasteiger partial charge >= 0.3 is 0 Å². The fourth-order valence-corrected chi connectivity index (χ4v) is 11.7. The first-order valence-electron chi connectivity index (χ1n) is 25.2. The first-order chi connectivity index (χ1) is 31.5. The minimum Gasteiger partial charge on any atom is -0.310 e. The summed E-state index contributed by atoms with van der Waals surface area (Å²) < 4.78 is 0. The second-order valence-electron chi connectivity index (χ2n) is 22.0. The molecule has 0 N–H and O–H groups in total. The molecule has 9 rings (SSSR count). The summed E-state index contributed by atoms with van der Waals surface area (Å²) in [6.07, 6.45) is 0.